The zero-order chi connectivity index (χ0) is 11.3. The zero-order valence-electron chi connectivity index (χ0n) is 9.16. The molecule has 0 aliphatic heterocycles. The molecule has 0 atom stereocenters. The number of thiocarbonyl (C=S) groups is 1. The van der Waals surface area contributed by atoms with Crippen molar-refractivity contribution in [3.8, 4) is 0 Å². The lowest BCUT2D eigenvalue weighted by Gasteiger charge is -2.11. The monoisotopic (exact) mass is 223 g/mol. The molecule has 0 saturated carbocycles. The van der Waals surface area contributed by atoms with E-state index in [1.807, 2.05) is 6.07 Å². The fraction of sp³-hybridized carbons (Fsp3) is 0.455. The minimum Gasteiger partial charge on any atom is -0.389 e. The lowest BCUT2D eigenvalue weighted by Crippen LogP contribution is -2.14. The van der Waals surface area contributed by atoms with Crippen molar-refractivity contribution < 1.29 is 0 Å². The number of nitrogens with two attached hydrogens (primary N) is 1. The van der Waals surface area contributed by atoms with Crippen molar-refractivity contribution in [1.29, 1.82) is 0 Å². The molecule has 0 aliphatic carbocycles. The number of hydrogen-bond acceptors (Lipinski definition) is 3. The summed E-state index contributed by atoms with van der Waals surface area (Å²) < 4.78 is 0. The molecule has 0 aliphatic rings. The molecule has 1 rings (SSSR count). The van der Waals surface area contributed by atoms with Crippen LogP contribution in [0.2, 0.25) is 0 Å². The Morgan fingerprint density at radius 3 is 2.93 bits per heavy atom. The first kappa shape index (κ1) is 11.9. The maximum absolute atomic E-state index is 5.61. The molecule has 1 heterocycles. The smallest absolute Gasteiger partial charge is 0.106 e. The summed E-state index contributed by atoms with van der Waals surface area (Å²) in [5.74, 6) is 0.683. The number of nitrogens with one attached hydrogen (secondary N) is 1. The third kappa shape index (κ3) is 3.83. The van der Waals surface area contributed by atoms with Gasteiger partial charge in [0.2, 0.25) is 0 Å². The third-order valence-electron chi connectivity index (χ3n) is 2.12. The molecular formula is C11H17N3S. The Labute approximate surface area is 96.1 Å². The molecule has 1 aromatic rings. The number of nitrogens with zero attached hydrogens (tertiary/aromatic N) is 1. The van der Waals surface area contributed by atoms with Crippen LogP contribution in [0.4, 0.5) is 5.69 Å². The van der Waals surface area contributed by atoms with E-state index in [0.29, 0.717) is 10.9 Å². The predicted octanol–water partition coefficient (Wildman–Crippen LogP) is 2.17. The van der Waals surface area contributed by atoms with Gasteiger partial charge in [-0.25, -0.2) is 0 Å². The van der Waals surface area contributed by atoms with E-state index in [9.17, 15) is 0 Å². The second-order valence-electron chi connectivity index (χ2n) is 3.89. The highest BCUT2D eigenvalue weighted by molar-refractivity contribution is 7.80. The van der Waals surface area contributed by atoms with Crippen LogP contribution in [0.25, 0.3) is 0 Å². The van der Waals surface area contributed by atoms with Crippen molar-refractivity contribution in [2.45, 2.75) is 20.3 Å². The summed E-state index contributed by atoms with van der Waals surface area (Å²) in [4.78, 5) is 4.45. The molecule has 0 bridgehead atoms. The van der Waals surface area contributed by atoms with Crippen LogP contribution in [0, 0.1) is 5.92 Å². The molecule has 0 saturated heterocycles. The summed E-state index contributed by atoms with van der Waals surface area (Å²) >= 11 is 4.96. The summed E-state index contributed by atoms with van der Waals surface area (Å²) in [6.45, 7) is 5.30. The second-order valence-corrected chi connectivity index (χ2v) is 4.33. The lowest BCUT2D eigenvalue weighted by molar-refractivity contribution is 0.607. The van der Waals surface area contributed by atoms with Crippen LogP contribution < -0.4 is 11.1 Å². The van der Waals surface area contributed by atoms with Crippen molar-refractivity contribution in [3.05, 3.63) is 24.0 Å². The van der Waals surface area contributed by atoms with E-state index in [2.05, 4.69) is 24.1 Å². The quantitative estimate of drug-likeness (QED) is 0.751. The first-order valence-corrected chi connectivity index (χ1v) is 5.49. The van der Waals surface area contributed by atoms with Gasteiger partial charge in [-0.3, -0.25) is 4.98 Å². The average molecular weight is 223 g/mol. The maximum Gasteiger partial charge on any atom is 0.106 e. The van der Waals surface area contributed by atoms with Crippen molar-refractivity contribution >= 4 is 22.9 Å². The minimum absolute atomic E-state index is 0.407. The van der Waals surface area contributed by atoms with E-state index in [-0.39, 0.29) is 0 Å². The normalized spacial score (nSPS) is 10.3. The van der Waals surface area contributed by atoms with Gasteiger partial charge in [-0.2, -0.15) is 0 Å². The largest absolute Gasteiger partial charge is 0.389 e. The summed E-state index contributed by atoms with van der Waals surface area (Å²) in [6, 6.07) is 1.83. The first-order valence-electron chi connectivity index (χ1n) is 5.09. The van der Waals surface area contributed by atoms with Gasteiger partial charge in [0, 0.05) is 18.3 Å². The molecular weight excluding hydrogens is 206 g/mol. The highest BCUT2D eigenvalue weighted by atomic mass is 32.1. The molecule has 3 nitrogen and oxygen atoms in total. The van der Waals surface area contributed by atoms with Crippen LogP contribution in [0.15, 0.2) is 18.5 Å². The van der Waals surface area contributed by atoms with Crippen LogP contribution >= 0.6 is 12.2 Å². The van der Waals surface area contributed by atoms with Gasteiger partial charge in [0.25, 0.3) is 0 Å². The third-order valence-corrected chi connectivity index (χ3v) is 2.34. The van der Waals surface area contributed by atoms with E-state index >= 15 is 0 Å². The van der Waals surface area contributed by atoms with Gasteiger partial charge in [0.05, 0.1) is 11.9 Å². The van der Waals surface area contributed by atoms with Crippen LogP contribution in [-0.2, 0) is 0 Å². The van der Waals surface area contributed by atoms with E-state index in [4.69, 9.17) is 18.0 Å². The Balaban J connectivity index is 2.63. The van der Waals surface area contributed by atoms with Gasteiger partial charge in [-0.1, -0.05) is 26.1 Å². The molecule has 0 radical (unpaired) electrons. The standard InChI is InChI=1S/C11H17N3S/c1-8(2)3-6-14-10-7-13-5-4-9(10)11(12)15/h4-5,7-8,14H,3,6H2,1-2H3,(H2,12,15). The molecule has 82 valence electrons. The van der Waals surface area contributed by atoms with Crippen LogP contribution in [-0.4, -0.2) is 16.5 Å². The Kier molecular flexibility index (Phi) is 4.49. The van der Waals surface area contributed by atoms with Gasteiger partial charge in [0.15, 0.2) is 0 Å². The maximum atomic E-state index is 5.61. The number of anilines is 1. The second kappa shape index (κ2) is 5.66. The zero-order valence-corrected chi connectivity index (χ0v) is 9.97. The molecule has 0 aromatic carbocycles. The Morgan fingerprint density at radius 1 is 1.60 bits per heavy atom. The number of hydrogen-bond donors (Lipinski definition) is 2. The molecule has 3 N–H and O–H groups in total. The summed E-state index contributed by atoms with van der Waals surface area (Å²) in [5, 5.41) is 3.30. The predicted molar refractivity (Wildman–Crippen MR) is 68.1 cm³/mol. The highest BCUT2D eigenvalue weighted by Gasteiger charge is 2.04. The number of pyridine rings is 1. The topological polar surface area (TPSA) is 50.9 Å². The van der Waals surface area contributed by atoms with Crippen molar-refractivity contribution in [2.75, 3.05) is 11.9 Å². The van der Waals surface area contributed by atoms with Gasteiger partial charge in [-0.15, -0.1) is 0 Å². The Bertz CT molecular complexity index is 336. The molecule has 15 heavy (non-hydrogen) atoms. The Hall–Kier alpha value is -1.16. The van der Waals surface area contributed by atoms with Crippen LogP contribution in [0.5, 0.6) is 0 Å². The summed E-state index contributed by atoms with van der Waals surface area (Å²) in [5.41, 5.74) is 7.40. The van der Waals surface area contributed by atoms with E-state index in [0.717, 1.165) is 24.2 Å². The molecule has 0 amide bonds. The van der Waals surface area contributed by atoms with E-state index in [1.54, 1.807) is 12.4 Å². The molecule has 0 fully saturated rings. The van der Waals surface area contributed by atoms with Gasteiger partial charge in [-0.05, 0) is 18.4 Å². The van der Waals surface area contributed by atoms with Crippen molar-refractivity contribution in [1.82, 2.24) is 4.98 Å². The van der Waals surface area contributed by atoms with Crippen LogP contribution in [0.1, 0.15) is 25.8 Å². The lowest BCUT2D eigenvalue weighted by atomic mass is 10.1. The van der Waals surface area contributed by atoms with E-state index in [1.165, 1.54) is 0 Å². The fourth-order valence-electron chi connectivity index (χ4n) is 1.25. The van der Waals surface area contributed by atoms with Crippen LogP contribution in [0.3, 0.4) is 0 Å². The number of rotatable bonds is 5. The molecule has 0 unspecified atom stereocenters. The SMILES string of the molecule is CC(C)CCNc1cnccc1C(N)=S. The minimum atomic E-state index is 0.407. The van der Waals surface area contributed by atoms with Crippen molar-refractivity contribution in [2.24, 2.45) is 11.7 Å². The first-order chi connectivity index (χ1) is 7.11. The van der Waals surface area contributed by atoms with E-state index < -0.39 is 0 Å². The number of aromatic nitrogens is 1. The van der Waals surface area contributed by atoms with Gasteiger partial charge in [0.1, 0.15) is 4.99 Å². The average Bonchev–Trinajstić information content (AvgIpc) is 2.17. The molecule has 0 spiro atoms. The summed E-state index contributed by atoms with van der Waals surface area (Å²) in [7, 11) is 0. The van der Waals surface area contributed by atoms with Gasteiger partial charge < -0.3 is 11.1 Å². The molecule has 4 heteroatoms. The summed E-state index contributed by atoms with van der Waals surface area (Å²) in [6.07, 6.45) is 4.57. The van der Waals surface area contributed by atoms with Crippen molar-refractivity contribution in [3.63, 3.8) is 0 Å². The fourth-order valence-corrected chi connectivity index (χ4v) is 1.42. The molecule has 1 aromatic heterocycles. The van der Waals surface area contributed by atoms with Gasteiger partial charge >= 0.3 is 0 Å². The highest BCUT2D eigenvalue weighted by Crippen LogP contribution is 2.13. The Morgan fingerprint density at radius 2 is 2.33 bits per heavy atom.